The molecule has 1 aliphatic rings. The number of aliphatic carboxylic acids is 1. The van der Waals surface area contributed by atoms with Crippen LogP contribution in [0.15, 0.2) is 42.5 Å². The fraction of sp³-hybridized carbons (Fsp3) is 0.481. The van der Waals surface area contributed by atoms with Crippen molar-refractivity contribution in [3.63, 3.8) is 0 Å². The smallest absolute Gasteiger partial charge is 0.326 e. The minimum Gasteiger partial charge on any atom is -0.506 e. The number of aliphatic hydroxyl groups is 1. The molecule has 0 saturated carbocycles. The van der Waals surface area contributed by atoms with E-state index in [9.17, 15) is 33.3 Å². The Balaban J connectivity index is 1.49. The van der Waals surface area contributed by atoms with Gasteiger partial charge in [-0.3, -0.25) is 9.52 Å². The van der Waals surface area contributed by atoms with Crippen molar-refractivity contribution in [2.24, 2.45) is 5.92 Å². The molecule has 0 bridgehead atoms. The summed E-state index contributed by atoms with van der Waals surface area (Å²) in [6.45, 7) is 5.63. The lowest BCUT2D eigenvalue weighted by molar-refractivity contribution is -0.139. The molecule has 3 rings (SSSR count). The number of anilines is 2. The Labute approximate surface area is 229 Å². The van der Waals surface area contributed by atoms with Crippen molar-refractivity contribution in [3.05, 3.63) is 53.6 Å². The maximum atomic E-state index is 12.5. The van der Waals surface area contributed by atoms with Gasteiger partial charge in [-0.1, -0.05) is 19.9 Å². The molecule has 2 atom stereocenters. The molecule has 0 unspecified atom stereocenters. The number of carbonyl (C=O) groups is 2. The molecule has 0 spiro atoms. The molecule has 0 aromatic heterocycles. The van der Waals surface area contributed by atoms with E-state index in [0.717, 1.165) is 37.9 Å². The number of aliphatic hydroxyl groups excluding tert-OH is 1. The van der Waals surface area contributed by atoms with Gasteiger partial charge in [-0.05, 0) is 67.1 Å². The lowest BCUT2D eigenvalue weighted by atomic mass is 10.0. The molecule has 2 aromatic carbocycles. The Kier molecular flexibility index (Phi) is 10.2. The molecular formula is C27H38N4O7S. The molecule has 1 amide bonds. The monoisotopic (exact) mass is 562 g/mol. The third-order valence-corrected chi connectivity index (χ3v) is 7.19. The summed E-state index contributed by atoms with van der Waals surface area (Å²) < 4.78 is 25.2. The van der Waals surface area contributed by atoms with Crippen LogP contribution in [0.3, 0.4) is 0 Å². The number of sulfonamides is 1. The fourth-order valence-electron chi connectivity index (χ4n) is 4.54. The summed E-state index contributed by atoms with van der Waals surface area (Å²) >= 11 is 0. The maximum absolute atomic E-state index is 12.5. The van der Waals surface area contributed by atoms with Crippen LogP contribution in [0.1, 0.15) is 55.1 Å². The zero-order valence-corrected chi connectivity index (χ0v) is 23.2. The second kappa shape index (κ2) is 13.1. The van der Waals surface area contributed by atoms with E-state index in [1.165, 1.54) is 12.1 Å². The highest BCUT2D eigenvalue weighted by molar-refractivity contribution is 7.92. The minimum absolute atomic E-state index is 0.0168. The molecule has 6 N–H and O–H groups in total. The first-order valence-corrected chi connectivity index (χ1v) is 14.8. The lowest BCUT2D eigenvalue weighted by Crippen LogP contribution is -2.43. The molecular weight excluding hydrogens is 524 g/mol. The van der Waals surface area contributed by atoms with Crippen LogP contribution in [0.2, 0.25) is 0 Å². The predicted molar refractivity (Wildman–Crippen MR) is 150 cm³/mol. The van der Waals surface area contributed by atoms with Gasteiger partial charge in [0, 0.05) is 36.9 Å². The summed E-state index contributed by atoms with van der Waals surface area (Å²) in [6.07, 6.45) is 2.13. The first-order chi connectivity index (χ1) is 18.3. The van der Waals surface area contributed by atoms with Crippen LogP contribution in [0.25, 0.3) is 0 Å². The summed E-state index contributed by atoms with van der Waals surface area (Å²) in [5.74, 6) is -1.54. The van der Waals surface area contributed by atoms with Crippen LogP contribution in [0.5, 0.6) is 5.75 Å². The van der Waals surface area contributed by atoms with Crippen molar-refractivity contribution in [2.45, 2.75) is 51.3 Å². The van der Waals surface area contributed by atoms with Crippen molar-refractivity contribution in [2.75, 3.05) is 35.5 Å². The highest BCUT2D eigenvalue weighted by Gasteiger charge is 2.23. The number of carboxylic acids is 1. The summed E-state index contributed by atoms with van der Waals surface area (Å²) in [7, 11) is -3.57. The Morgan fingerprint density at radius 1 is 1.08 bits per heavy atom. The van der Waals surface area contributed by atoms with Gasteiger partial charge in [-0.15, -0.1) is 0 Å². The molecule has 0 aliphatic carbocycles. The number of nitrogens with one attached hydrogen (secondary N) is 3. The Hall–Kier alpha value is -3.35. The molecule has 1 saturated heterocycles. The van der Waals surface area contributed by atoms with Gasteiger partial charge in [0.15, 0.2) is 0 Å². The average Bonchev–Trinajstić information content (AvgIpc) is 2.87. The summed E-state index contributed by atoms with van der Waals surface area (Å²) in [4.78, 5) is 26.2. The summed E-state index contributed by atoms with van der Waals surface area (Å²) in [5.41, 5.74) is 1.87. The zero-order valence-electron chi connectivity index (χ0n) is 22.4. The minimum atomic E-state index is -3.57. The van der Waals surface area contributed by atoms with Gasteiger partial charge >= 0.3 is 5.97 Å². The molecule has 214 valence electrons. The number of hydrogen-bond donors (Lipinski definition) is 6. The number of piperidine rings is 1. The van der Waals surface area contributed by atoms with Crippen molar-refractivity contribution >= 4 is 33.3 Å². The second-order valence-electron chi connectivity index (χ2n) is 10.4. The van der Waals surface area contributed by atoms with Crippen LogP contribution in [-0.2, 0) is 14.8 Å². The van der Waals surface area contributed by atoms with E-state index in [-0.39, 0.29) is 29.9 Å². The topological polar surface area (TPSA) is 168 Å². The zero-order chi connectivity index (χ0) is 28.7. The number of hydrogen-bond acceptors (Lipinski definition) is 8. The van der Waals surface area contributed by atoms with Crippen LogP contribution < -0.4 is 20.3 Å². The number of amides is 1. The normalized spacial score (nSPS) is 16.1. The van der Waals surface area contributed by atoms with Gasteiger partial charge in [-0.25, -0.2) is 13.2 Å². The van der Waals surface area contributed by atoms with E-state index >= 15 is 0 Å². The maximum Gasteiger partial charge on any atom is 0.326 e. The number of nitrogens with zero attached hydrogens (tertiary/aromatic N) is 1. The van der Waals surface area contributed by atoms with E-state index in [4.69, 9.17) is 0 Å². The summed E-state index contributed by atoms with van der Waals surface area (Å²) in [5, 5.41) is 35.8. The third kappa shape index (κ3) is 9.12. The number of carboxylic acid groups (broad SMARTS) is 1. The Morgan fingerprint density at radius 3 is 2.28 bits per heavy atom. The highest BCUT2D eigenvalue weighted by Crippen LogP contribution is 2.28. The number of aromatic hydroxyl groups is 1. The van der Waals surface area contributed by atoms with Gasteiger partial charge in [-0.2, -0.15) is 0 Å². The molecule has 2 aromatic rings. The highest BCUT2D eigenvalue weighted by atomic mass is 32.2. The van der Waals surface area contributed by atoms with E-state index < -0.39 is 34.0 Å². The second-order valence-corrected chi connectivity index (χ2v) is 12.1. The Bertz CT molecular complexity index is 1240. The van der Waals surface area contributed by atoms with Gasteiger partial charge in [0.25, 0.3) is 5.91 Å². The number of phenolic OH excluding ortho intramolecular Hbond substituents is 1. The molecule has 11 nitrogen and oxygen atoms in total. The molecule has 1 fully saturated rings. The van der Waals surface area contributed by atoms with Gasteiger partial charge in [0.05, 0.1) is 18.0 Å². The molecule has 0 radical (unpaired) electrons. The number of benzene rings is 2. The lowest BCUT2D eigenvalue weighted by Gasteiger charge is -2.34. The first-order valence-electron chi connectivity index (χ1n) is 12.9. The SMILES string of the molecule is CC(C)C[C@H](NC(=O)c1ccc(N2CCC(NC[C@@H](O)c3ccc(O)c(NS(C)(=O)=O)c3)CC2)cc1)C(=O)O. The fourth-order valence-corrected chi connectivity index (χ4v) is 5.10. The average molecular weight is 563 g/mol. The van der Waals surface area contributed by atoms with E-state index in [0.29, 0.717) is 17.5 Å². The van der Waals surface area contributed by atoms with Crippen molar-refractivity contribution in [1.82, 2.24) is 10.6 Å². The quantitative estimate of drug-likeness (QED) is 0.213. The molecule has 12 heteroatoms. The molecule has 1 heterocycles. The Morgan fingerprint density at radius 2 is 1.72 bits per heavy atom. The predicted octanol–water partition coefficient (Wildman–Crippen LogP) is 2.28. The van der Waals surface area contributed by atoms with Crippen LogP contribution in [0.4, 0.5) is 11.4 Å². The number of phenols is 1. The third-order valence-electron chi connectivity index (χ3n) is 6.60. The van der Waals surface area contributed by atoms with E-state index in [1.807, 2.05) is 26.0 Å². The van der Waals surface area contributed by atoms with Crippen LogP contribution in [-0.4, -0.2) is 73.6 Å². The van der Waals surface area contributed by atoms with Crippen molar-refractivity contribution in [1.29, 1.82) is 0 Å². The largest absolute Gasteiger partial charge is 0.506 e. The van der Waals surface area contributed by atoms with Crippen LogP contribution >= 0.6 is 0 Å². The van der Waals surface area contributed by atoms with Gasteiger partial charge in [0.1, 0.15) is 11.8 Å². The van der Waals surface area contributed by atoms with Crippen molar-refractivity contribution in [3.8, 4) is 5.75 Å². The van der Waals surface area contributed by atoms with Gasteiger partial charge in [0.2, 0.25) is 10.0 Å². The van der Waals surface area contributed by atoms with E-state index in [2.05, 4.69) is 20.3 Å². The standard InChI is InChI=1S/C27H38N4O7S/c1-17(2)14-23(27(35)36)29-26(34)18-4-7-21(8-5-18)31-12-10-20(11-13-31)28-16-25(33)19-6-9-24(32)22(15-19)30-39(3,37)38/h4-9,15,17,20,23,25,28,30,32-33H,10-14,16H2,1-3H3,(H,29,34)(H,35,36)/t23-,25+/m0/s1. The first kappa shape index (κ1) is 30.2. The van der Waals surface area contributed by atoms with Crippen molar-refractivity contribution < 1.29 is 33.3 Å². The molecule has 1 aliphatic heterocycles. The molecule has 39 heavy (non-hydrogen) atoms. The van der Waals surface area contributed by atoms with E-state index in [1.54, 1.807) is 18.2 Å². The van der Waals surface area contributed by atoms with Gasteiger partial charge < -0.3 is 30.9 Å². The number of rotatable bonds is 12. The van der Waals surface area contributed by atoms with Crippen LogP contribution in [0, 0.1) is 5.92 Å². The number of carbonyl (C=O) groups excluding carboxylic acids is 1. The summed E-state index contributed by atoms with van der Waals surface area (Å²) in [6, 6.07) is 10.7.